The molecule has 1 amide bonds. The maximum Gasteiger partial charge on any atom is 0.354 e. The molecule has 5 rings (SSSR count). The number of benzene rings is 1. The Balaban J connectivity index is 1.43. The van der Waals surface area contributed by atoms with Crippen molar-refractivity contribution in [3.05, 3.63) is 63.6 Å². The first kappa shape index (κ1) is 21.7. The van der Waals surface area contributed by atoms with Crippen molar-refractivity contribution in [1.82, 2.24) is 20.3 Å². The van der Waals surface area contributed by atoms with Gasteiger partial charge in [-0.15, -0.1) is 10.2 Å². The molecule has 11 nitrogen and oxygen atoms in total. The molecular weight excluding hydrogens is 482 g/mol. The summed E-state index contributed by atoms with van der Waals surface area (Å²) in [6, 6.07) is 6.62. The van der Waals surface area contributed by atoms with Gasteiger partial charge in [-0.3, -0.25) is 9.79 Å². The molecule has 4 heterocycles. The molecule has 0 aliphatic carbocycles. The van der Waals surface area contributed by atoms with Crippen molar-refractivity contribution < 1.29 is 19.2 Å². The van der Waals surface area contributed by atoms with Crippen LogP contribution in [0.25, 0.3) is 10.6 Å². The molecule has 170 valence electrons. The van der Waals surface area contributed by atoms with Crippen LogP contribution in [-0.4, -0.2) is 43.5 Å². The number of carbonyl (C=O) groups is 2. The second-order valence-corrected chi connectivity index (χ2v) is 8.59. The third-order valence-corrected chi connectivity index (χ3v) is 6.20. The highest BCUT2D eigenvalue weighted by Crippen LogP contribution is 2.35. The van der Waals surface area contributed by atoms with Gasteiger partial charge in [0.2, 0.25) is 10.9 Å². The Morgan fingerprint density at radius 1 is 1.24 bits per heavy atom. The van der Waals surface area contributed by atoms with Gasteiger partial charge in [0.05, 0.1) is 23.5 Å². The van der Waals surface area contributed by atoms with Crippen molar-refractivity contribution in [2.75, 3.05) is 10.6 Å². The first-order valence-corrected chi connectivity index (χ1v) is 11.0. The van der Waals surface area contributed by atoms with Crippen LogP contribution in [0.1, 0.15) is 37.7 Å². The molecule has 0 saturated carbocycles. The van der Waals surface area contributed by atoms with Crippen LogP contribution < -0.4 is 10.6 Å². The lowest BCUT2D eigenvalue weighted by molar-refractivity contribution is 0.0690. The monoisotopic (exact) mass is 495 g/mol. The fourth-order valence-corrected chi connectivity index (χ4v) is 4.28. The average molecular weight is 496 g/mol. The number of anilines is 3. The van der Waals surface area contributed by atoms with E-state index in [1.54, 1.807) is 13.1 Å². The number of nitrogens with one attached hydrogen (secondary N) is 2. The van der Waals surface area contributed by atoms with E-state index in [0.29, 0.717) is 38.5 Å². The number of pyridine rings is 1. The zero-order chi connectivity index (χ0) is 23.8. The summed E-state index contributed by atoms with van der Waals surface area (Å²) in [4.78, 5) is 32.3. The second-order valence-electron chi connectivity index (χ2n) is 7.23. The number of amides is 1. The fraction of sp³-hybridized carbons (Fsp3) is 0.0952. The van der Waals surface area contributed by atoms with Gasteiger partial charge in [-0.1, -0.05) is 34.2 Å². The van der Waals surface area contributed by atoms with Gasteiger partial charge in [-0.25, -0.2) is 9.78 Å². The third-order valence-electron chi connectivity index (χ3n) is 4.91. The van der Waals surface area contributed by atoms with E-state index in [2.05, 4.69) is 36.0 Å². The number of aromatic carboxylic acids is 1. The van der Waals surface area contributed by atoms with Crippen molar-refractivity contribution in [3.63, 3.8) is 0 Å². The molecule has 0 radical (unpaired) electrons. The Kier molecular flexibility index (Phi) is 5.51. The maximum absolute atomic E-state index is 12.5. The molecule has 0 spiro atoms. The van der Waals surface area contributed by atoms with Crippen LogP contribution in [-0.2, 0) is 6.54 Å². The highest BCUT2D eigenvalue weighted by atomic mass is 35.5. The van der Waals surface area contributed by atoms with Crippen molar-refractivity contribution in [2.45, 2.75) is 13.5 Å². The van der Waals surface area contributed by atoms with Crippen LogP contribution in [0.15, 0.2) is 40.0 Å². The van der Waals surface area contributed by atoms with Gasteiger partial charge in [0.1, 0.15) is 10.8 Å². The number of carboxylic acid groups (broad SMARTS) is 1. The van der Waals surface area contributed by atoms with Gasteiger partial charge in [0, 0.05) is 22.9 Å². The zero-order valence-corrected chi connectivity index (χ0v) is 18.9. The zero-order valence-electron chi connectivity index (χ0n) is 17.4. The normalized spacial score (nSPS) is 11.9. The lowest BCUT2D eigenvalue weighted by Crippen LogP contribution is -2.14. The van der Waals surface area contributed by atoms with E-state index in [9.17, 15) is 14.7 Å². The standard InChI is InChI=1S/C21H14ClN7O4S/c1-9-6-24-33-17(9)18(30)27-15-5-11(4-14(25-15)20(31)32)19-28-29-21(34-19)26-13-3-2-10-7-23-8-12(10)16(13)22/h2-6,8H,7H2,1H3,(H,26,29)(H,31,32)(H,25,27,30). The quantitative estimate of drug-likeness (QED) is 0.357. The van der Waals surface area contributed by atoms with Gasteiger partial charge in [0.25, 0.3) is 5.91 Å². The molecule has 0 bridgehead atoms. The predicted octanol–water partition coefficient (Wildman–Crippen LogP) is 4.18. The summed E-state index contributed by atoms with van der Waals surface area (Å²) in [5.74, 6) is -1.85. The van der Waals surface area contributed by atoms with Crippen LogP contribution in [0.2, 0.25) is 5.02 Å². The number of fused-ring (bicyclic) bond motifs is 1. The Hall–Kier alpha value is -4.16. The summed E-state index contributed by atoms with van der Waals surface area (Å²) >= 11 is 7.67. The summed E-state index contributed by atoms with van der Waals surface area (Å²) in [5.41, 5.74) is 3.22. The number of hydrogen-bond donors (Lipinski definition) is 3. The Bertz CT molecular complexity index is 1480. The number of nitrogens with zero attached hydrogens (tertiary/aromatic N) is 5. The molecule has 0 unspecified atom stereocenters. The molecule has 0 fully saturated rings. The molecule has 1 aliphatic heterocycles. The van der Waals surface area contributed by atoms with Gasteiger partial charge in [0.15, 0.2) is 5.69 Å². The van der Waals surface area contributed by atoms with E-state index >= 15 is 0 Å². The SMILES string of the molecule is Cc1cnoc1C(=O)Nc1cc(-c2nnc(Nc3ccc4c(c3Cl)C=NC4)s2)cc(C(=O)O)n1. The fourth-order valence-electron chi connectivity index (χ4n) is 3.26. The van der Waals surface area contributed by atoms with E-state index in [1.165, 1.54) is 29.7 Å². The number of aromatic nitrogens is 4. The molecule has 0 atom stereocenters. The van der Waals surface area contributed by atoms with E-state index in [4.69, 9.17) is 16.1 Å². The van der Waals surface area contributed by atoms with Crippen LogP contribution in [0.4, 0.5) is 16.6 Å². The highest BCUT2D eigenvalue weighted by molar-refractivity contribution is 7.18. The molecular formula is C21H14ClN7O4S. The molecule has 3 aromatic heterocycles. The molecule has 1 aliphatic rings. The average Bonchev–Trinajstić information content (AvgIpc) is 3.56. The minimum Gasteiger partial charge on any atom is -0.477 e. The number of rotatable bonds is 6. The summed E-state index contributed by atoms with van der Waals surface area (Å²) in [5, 5.41) is 28.4. The van der Waals surface area contributed by atoms with Gasteiger partial charge >= 0.3 is 5.97 Å². The van der Waals surface area contributed by atoms with Crippen molar-refractivity contribution in [1.29, 1.82) is 0 Å². The molecule has 34 heavy (non-hydrogen) atoms. The first-order valence-electron chi connectivity index (χ1n) is 9.79. The molecule has 13 heteroatoms. The van der Waals surface area contributed by atoms with E-state index in [0.717, 1.165) is 11.1 Å². The molecule has 4 aromatic rings. The van der Waals surface area contributed by atoms with Gasteiger partial charge in [-0.2, -0.15) is 0 Å². The van der Waals surface area contributed by atoms with Crippen LogP contribution in [0.3, 0.4) is 0 Å². The van der Waals surface area contributed by atoms with Crippen LogP contribution in [0.5, 0.6) is 0 Å². The minimum atomic E-state index is -1.26. The predicted molar refractivity (Wildman–Crippen MR) is 125 cm³/mol. The minimum absolute atomic E-state index is 0.00255. The Labute approximate surface area is 200 Å². The Morgan fingerprint density at radius 3 is 2.85 bits per heavy atom. The molecule has 3 N–H and O–H groups in total. The van der Waals surface area contributed by atoms with E-state index < -0.39 is 11.9 Å². The first-order chi connectivity index (χ1) is 16.4. The number of halogens is 1. The summed E-state index contributed by atoms with van der Waals surface area (Å²) in [6.45, 7) is 2.26. The number of aryl methyl sites for hydroxylation is 1. The number of hydrogen-bond acceptors (Lipinski definition) is 10. The highest BCUT2D eigenvalue weighted by Gasteiger charge is 2.19. The largest absolute Gasteiger partial charge is 0.477 e. The van der Waals surface area contributed by atoms with Gasteiger partial charge < -0.3 is 20.3 Å². The van der Waals surface area contributed by atoms with Crippen molar-refractivity contribution >= 4 is 57.7 Å². The van der Waals surface area contributed by atoms with Gasteiger partial charge in [-0.05, 0) is 30.7 Å². The van der Waals surface area contributed by atoms with E-state index in [1.807, 2.05) is 12.1 Å². The number of aliphatic imine (C=N–C) groups is 1. The van der Waals surface area contributed by atoms with E-state index in [-0.39, 0.29) is 17.3 Å². The maximum atomic E-state index is 12.5. The third kappa shape index (κ3) is 4.11. The number of carbonyl (C=O) groups excluding carboxylic acids is 1. The lowest BCUT2D eigenvalue weighted by Gasteiger charge is -2.08. The van der Waals surface area contributed by atoms with Crippen molar-refractivity contribution in [2.24, 2.45) is 4.99 Å². The summed E-state index contributed by atoms with van der Waals surface area (Å²) in [6.07, 6.45) is 3.13. The summed E-state index contributed by atoms with van der Waals surface area (Å²) in [7, 11) is 0. The van der Waals surface area contributed by atoms with Crippen LogP contribution in [0, 0.1) is 6.92 Å². The smallest absolute Gasteiger partial charge is 0.354 e. The molecule has 0 saturated heterocycles. The van der Waals surface area contributed by atoms with Crippen LogP contribution >= 0.6 is 22.9 Å². The second kappa shape index (κ2) is 8.65. The summed E-state index contributed by atoms with van der Waals surface area (Å²) < 4.78 is 4.93. The Morgan fingerprint density at radius 2 is 2.09 bits per heavy atom. The molecule has 1 aromatic carbocycles. The number of carboxylic acids is 1. The topological polar surface area (TPSA) is 155 Å². The lowest BCUT2D eigenvalue weighted by atomic mass is 10.1. The van der Waals surface area contributed by atoms with Crippen molar-refractivity contribution in [3.8, 4) is 10.6 Å².